The van der Waals surface area contributed by atoms with Crippen molar-refractivity contribution in [3.63, 3.8) is 0 Å². The van der Waals surface area contributed by atoms with Gasteiger partial charge in [-0.2, -0.15) is 10.4 Å². The van der Waals surface area contributed by atoms with Crippen molar-refractivity contribution in [1.82, 2.24) is 24.5 Å². The van der Waals surface area contributed by atoms with Crippen LogP contribution in [0.2, 0.25) is 0 Å². The van der Waals surface area contributed by atoms with Crippen LogP contribution in [-0.4, -0.2) is 48.7 Å². The van der Waals surface area contributed by atoms with Crippen molar-refractivity contribution in [3.05, 3.63) is 87.7 Å². The number of carbonyl (C=O) groups is 1. The number of hydrogen-bond acceptors (Lipinski definition) is 9. The molecular weight excluding hydrogens is 478 g/mol. The van der Waals surface area contributed by atoms with E-state index in [9.17, 15) is 20.0 Å². The van der Waals surface area contributed by atoms with E-state index in [1.807, 2.05) is 29.9 Å². The highest BCUT2D eigenvalue weighted by molar-refractivity contribution is 6.04. The predicted molar refractivity (Wildman–Crippen MR) is 129 cm³/mol. The molecule has 188 valence electrons. The Morgan fingerprint density at radius 3 is 2.76 bits per heavy atom. The smallest absolute Gasteiger partial charge is 0.296 e. The molecule has 0 saturated carbocycles. The molecule has 12 heteroatoms. The van der Waals surface area contributed by atoms with Crippen LogP contribution in [0.5, 0.6) is 5.75 Å². The van der Waals surface area contributed by atoms with Crippen molar-refractivity contribution in [2.45, 2.75) is 24.8 Å². The third kappa shape index (κ3) is 4.36. The van der Waals surface area contributed by atoms with Crippen LogP contribution in [0.3, 0.4) is 0 Å². The van der Waals surface area contributed by atoms with Gasteiger partial charge in [-0.3, -0.25) is 18.8 Å². The van der Waals surface area contributed by atoms with Crippen LogP contribution in [0.1, 0.15) is 57.8 Å². The number of amides is 1. The summed E-state index contributed by atoms with van der Waals surface area (Å²) in [6.07, 6.45) is 6.12. The number of aromatic hydroxyl groups is 1. The van der Waals surface area contributed by atoms with E-state index in [1.54, 1.807) is 18.3 Å². The Balaban J connectivity index is 1.61. The third-order valence-electron chi connectivity index (χ3n) is 6.51. The first kappa shape index (κ1) is 24.0. The summed E-state index contributed by atoms with van der Waals surface area (Å²) in [4.78, 5) is 30.3. The molecule has 2 N–H and O–H groups in total. The number of benzene rings is 1. The van der Waals surface area contributed by atoms with Gasteiger partial charge in [-0.1, -0.05) is 30.3 Å². The van der Waals surface area contributed by atoms with Gasteiger partial charge in [0.05, 0.1) is 43.3 Å². The SMILES string of the molecule is C[C@H](c1nc(C(=O)Nc2cnoc2)c(O)c(=O)n1C)[C@@H](c1cnn(C2COC2)c1)c1ccccc1C#N. The van der Waals surface area contributed by atoms with E-state index >= 15 is 0 Å². The fourth-order valence-electron chi connectivity index (χ4n) is 4.47. The van der Waals surface area contributed by atoms with Crippen molar-refractivity contribution in [3.8, 4) is 11.8 Å². The summed E-state index contributed by atoms with van der Waals surface area (Å²) < 4.78 is 13.0. The molecule has 37 heavy (non-hydrogen) atoms. The number of carbonyl (C=O) groups excluding carboxylic acids is 1. The molecule has 1 amide bonds. The first-order valence-electron chi connectivity index (χ1n) is 11.5. The molecule has 1 aromatic carbocycles. The Bertz CT molecular complexity index is 1550. The molecule has 1 aliphatic rings. The van der Waals surface area contributed by atoms with E-state index in [1.165, 1.54) is 24.1 Å². The fraction of sp³-hybridized carbons (Fsp3) is 0.280. The van der Waals surface area contributed by atoms with E-state index in [2.05, 4.69) is 26.6 Å². The molecule has 12 nitrogen and oxygen atoms in total. The second-order valence-electron chi connectivity index (χ2n) is 8.81. The molecule has 0 spiro atoms. The zero-order valence-corrected chi connectivity index (χ0v) is 20.0. The second kappa shape index (κ2) is 9.71. The maximum absolute atomic E-state index is 13.0. The monoisotopic (exact) mass is 501 g/mol. The Hall–Kier alpha value is -4.76. The van der Waals surface area contributed by atoms with E-state index < -0.39 is 34.7 Å². The molecule has 4 heterocycles. The minimum atomic E-state index is -0.793. The summed E-state index contributed by atoms with van der Waals surface area (Å²) in [5.41, 5.74) is 1.03. The summed E-state index contributed by atoms with van der Waals surface area (Å²) in [6, 6.07) is 9.55. The van der Waals surface area contributed by atoms with Gasteiger partial charge in [0.25, 0.3) is 11.5 Å². The van der Waals surface area contributed by atoms with Gasteiger partial charge in [0.2, 0.25) is 5.75 Å². The number of ether oxygens (including phenoxy) is 1. The largest absolute Gasteiger partial charge is 0.501 e. The number of hydrogen-bond donors (Lipinski definition) is 2. The van der Waals surface area contributed by atoms with Gasteiger partial charge in [-0.15, -0.1) is 0 Å². The Kier molecular flexibility index (Phi) is 6.29. The highest BCUT2D eigenvalue weighted by Gasteiger charge is 2.32. The first-order chi connectivity index (χ1) is 17.9. The second-order valence-corrected chi connectivity index (χ2v) is 8.81. The van der Waals surface area contributed by atoms with Crippen molar-refractivity contribution in [2.75, 3.05) is 18.5 Å². The number of nitrogens with one attached hydrogen (secondary N) is 1. The Morgan fingerprint density at radius 1 is 1.30 bits per heavy atom. The van der Waals surface area contributed by atoms with Gasteiger partial charge in [-0.05, 0) is 17.2 Å². The Labute approximate surface area is 210 Å². The summed E-state index contributed by atoms with van der Waals surface area (Å²) in [5, 5.41) is 30.8. The summed E-state index contributed by atoms with van der Waals surface area (Å²) >= 11 is 0. The minimum absolute atomic E-state index is 0.125. The summed E-state index contributed by atoms with van der Waals surface area (Å²) in [6.45, 7) is 2.98. The maximum Gasteiger partial charge on any atom is 0.296 e. The normalized spacial score (nSPS) is 14.9. The first-order valence-corrected chi connectivity index (χ1v) is 11.5. The zero-order valence-electron chi connectivity index (χ0n) is 20.0. The number of nitrogens with zero attached hydrogens (tertiary/aromatic N) is 6. The lowest BCUT2D eigenvalue weighted by Gasteiger charge is -2.27. The number of anilines is 1. The molecule has 4 aromatic rings. The zero-order chi connectivity index (χ0) is 26.1. The highest BCUT2D eigenvalue weighted by atomic mass is 16.5. The van der Waals surface area contributed by atoms with E-state index in [0.717, 1.165) is 11.1 Å². The molecular formula is C25H23N7O5. The molecule has 1 fully saturated rings. The van der Waals surface area contributed by atoms with Gasteiger partial charge < -0.3 is 19.7 Å². The molecule has 1 aliphatic heterocycles. The van der Waals surface area contributed by atoms with Crippen molar-refractivity contribution < 1.29 is 19.2 Å². The quantitative estimate of drug-likeness (QED) is 0.387. The average molecular weight is 502 g/mol. The number of aromatic nitrogens is 5. The van der Waals surface area contributed by atoms with Crippen LogP contribution >= 0.6 is 0 Å². The molecule has 0 aliphatic carbocycles. The van der Waals surface area contributed by atoms with Crippen LogP contribution in [0.15, 0.2) is 58.4 Å². The van der Waals surface area contributed by atoms with Gasteiger partial charge in [0.1, 0.15) is 17.8 Å². The van der Waals surface area contributed by atoms with Gasteiger partial charge >= 0.3 is 0 Å². The molecule has 1 saturated heterocycles. The molecule has 0 bridgehead atoms. The van der Waals surface area contributed by atoms with Gasteiger partial charge in [0.15, 0.2) is 5.69 Å². The van der Waals surface area contributed by atoms with Crippen LogP contribution in [-0.2, 0) is 11.8 Å². The molecule has 0 radical (unpaired) electrons. The fourth-order valence-corrected chi connectivity index (χ4v) is 4.47. The van der Waals surface area contributed by atoms with Crippen LogP contribution in [0.25, 0.3) is 0 Å². The lowest BCUT2D eigenvalue weighted by atomic mass is 9.80. The predicted octanol–water partition coefficient (Wildman–Crippen LogP) is 2.30. The average Bonchev–Trinajstić information content (AvgIpc) is 3.55. The van der Waals surface area contributed by atoms with Crippen molar-refractivity contribution >= 4 is 11.6 Å². The van der Waals surface area contributed by atoms with E-state index in [0.29, 0.717) is 18.8 Å². The van der Waals surface area contributed by atoms with Gasteiger partial charge in [0, 0.05) is 25.1 Å². The topological polar surface area (TPSA) is 161 Å². The lowest BCUT2D eigenvalue weighted by molar-refractivity contribution is -0.0286. The standard InChI is InChI=1S/C25H23N7O5/c1-14(23-30-21(22(33)25(35)31(23)2)24(34)29-17-9-28-37-11-17)20(19-6-4-3-5-15(19)7-26)16-8-27-32(10-16)18-12-36-13-18/h3-6,8-11,14,18,20,33H,12-13H2,1-2H3,(H,29,34)/t14-,20-/m0/s1. The van der Waals surface area contributed by atoms with Crippen LogP contribution in [0.4, 0.5) is 5.69 Å². The van der Waals surface area contributed by atoms with Crippen LogP contribution < -0.4 is 10.9 Å². The number of nitriles is 1. The molecule has 2 atom stereocenters. The molecule has 3 aromatic heterocycles. The lowest BCUT2D eigenvalue weighted by Crippen LogP contribution is -2.31. The van der Waals surface area contributed by atoms with Gasteiger partial charge in [-0.25, -0.2) is 4.98 Å². The maximum atomic E-state index is 13.0. The summed E-state index contributed by atoms with van der Waals surface area (Å²) in [7, 11) is 1.48. The van der Waals surface area contributed by atoms with Crippen molar-refractivity contribution in [1.29, 1.82) is 5.26 Å². The highest BCUT2D eigenvalue weighted by Crippen LogP contribution is 2.39. The minimum Gasteiger partial charge on any atom is -0.501 e. The van der Waals surface area contributed by atoms with Crippen LogP contribution in [0, 0.1) is 11.3 Å². The summed E-state index contributed by atoms with van der Waals surface area (Å²) in [5.74, 6) is -2.28. The van der Waals surface area contributed by atoms with E-state index in [-0.39, 0.29) is 17.6 Å². The third-order valence-corrected chi connectivity index (χ3v) is 6.51. The number of rotatable bonds is 7. The van der Waals surface area contributed by atoms with Crippen molar-refractivity contribution in [2.24, 2.45) is 7.05 Å². The molecule has 5 rings (SSSR count). The Morgan fingerprint density at radius 2 is 2.08 bits per heavy atom. The molecule has 0 unspecified atom stereocenters. The van der Waals surface area contributed by atoms with E-state index in [4.69, 9.17) is 9.26 Å².